The van der Waals surface area contributed by atoms with E-state index < -0.39 is 11.2 Å². The van der Waals surface area contributed by atoms with Crippen LogP contribution < -0.4 is 0 Å². The maximum absolute atomic E-state index is 12.2. The van der Waals surface area contributed by atoms with Gasteiger partial charge in [-0.2, -0.15) is 0 Å². The van der Waals surface area contributed by atoms with Gasteiger partial charge < -0.3 is 10.0 Å². The average Bonchev–Trinajstić information content (AvgIpc) is 2.44. The molecule has 4 nitrogen and oxygen atoms in total. The Morgan fingerprint density at radius 1 is 1.18 bits per heavy atom. The topological polar surface area (TPSA) is 57.6 Å². The summed E-state index contributed by atoms with van der Waals surface area (Å²) in [6.45, 7) is 0.838. The molecule has 1 atom stereocenters. The molecule has 0 radical (unpaired) electrons. The molecule has 1 saturated heterocycles. The molecule has 5 rings (SSSR count). The van der Waals surface area contributed by atoms with Crippen molar-refractivity contribution in [2.45, 2.75) is 56.6 Å². The van der Waals surface area contributed by atoms with Crippen molar-refractivity contribution in [3.05, 3.63) is 0 Å². The van der Waals surface area contributed by atoms with E-state index in [1.165, 1.54) is 50.3 Å². The highest BCUT2D eigenvalue weighted by Crippen LogP contribution is 2.61. The summed E-state index contributed by atoms with van der Waals surface area (Å²) < 4.78 is 0. The third-order valence-corrected chi connectivity index (χ3v) is 7.73. The molecule has 5 fully saturated rings. The Balaban J connectivity index is 1.35. The second-order valence-corrected chi connectivity index (χ2v) is 9.31. The molecule has 1 aliphatic heterocycles. The number of aliphatic carboxylic acids is 1. The quantitative estimate of drug-likeness (QED) is 0.864. The van der Waals surface area contributed by atoms with E-state index in [9.17, 15) is 9.59 Å². The molecular weight excluding hydrogens is 298 g/mol. The van der Waals surface area contributed by atoms with Crippen molar-refractivity contribution in [1.82, 2.24) is 4.90 Å². The normalized spacial score (nSPS) is 43.6. The molecule has 122 valence electrons. The van der Waals surface area contributed by atoms with Crippen LogP contribution in [0.25, 0.3) is 0 Å². The highest BCUT2D eigenvalue weighted by atomic mass is 32.2. The van der Waals surface area contributed by atoms with Crippen LogP contribution in [-0.4, -0.2) is 39.6 Å². The zero-order valence-corrected chi connectivity index (χ0v) is 13.8. The molecule has 1 heterocycles. The SMILES string of the molecule is O=C(O)C1CC(=O)N(CCC23CC4CC(CC(C4)C2)C3)CS1. The number of nitrogens with zero attached hydrogens (tertiary/aromatic N) is 1. The van der Waals surface area contributed by atoms with Gasteiger partial charge in [0.05, 0.1) is 5.88 Å². The van der Waals surface area contributed by atoms with Gasteiger partial charge in [0.25, 0.3) is 0 Å². The lowest BCUT2D eigenvalue weighted by atomic mass is 9.49. The molecule has 4 saturated carbocycles. The number of amides is 1. The van der Waals surface area contributed by atoms with Crippen LogP contribution in [-0.2, 0) is 9.59 Å². The zero-order chi connectivity index (χ0) is 15.3. The Labute approximate surface area is 136 Å². The summed E-state index contributed by atoms with van der Waals surface area (Å²) >= 11 is 1.41. The van der Waals surface area contributed by atoms with Crippen molar-refractivity contribution in [3.63, 3.8) is 0 Å². The van der Waals surface area contributed by atoms with E-state index >= 15 is 0 Å². The number of rotatable bonds is 4. The van der Waals surface area contributed by atoms with Gasteiger partial charge in [0.1, 0.15) is 5.25 Å². The fourth-order valence-corrected chi connectivity index (χ4v) is 6.95. The summed E-state index contributed by atoms with van der Waals surface area (Å²) in [6.07, 6.45) is 9.82. The molecule has 0 spiro atoms. The second kappa shape index (κ2) is 5.43. The summed E-state index contributed by atoms with van der Waals surface area (Å²) in [6, 6.07) is 0. The van der Waals surface area contributed by atoms with Gasteiger partial charge >= 0.3 is 5.97 Å². The summed E-state index contributed by atoms with van der Waals surface area (Å²) in [4.78, 5) is 25.1. The molecule has 5 aliphatic rings. The van der Waals surface area contributed by atoms with Gasteiger partial charge in [0, 0.05) is 13.0 Å². The van der Waals surface area contributed by atoms with Crippen molar-refractivity contribution in [1.29, 1.82) is 0 Å². The Kier molecular flexibility index (Phi) is 3.67. The zero-order valence-electron chi connectivity index (χ0n) is 13.0. The van der Waals surface area contributed by atoms with Crippen LogP contribution in [0.2, 0.25) is 0 Å². The van der Waals surface area contributed by atoms with E-state index in [0.29, 0.717) is 11.3 Å². The van der Waals surface area contributed by atoms with Gasteiger partial charge in [0.2, 0.25) is 5.91 Å². The molecule has 5 heteroatoms. The van der Waals surface area contributed by atoms with Crippen LogP contribution in [0.1, 0.15) is 51.4 Å². The standard InChI is InChI=1S/C17H25NO3S/c19-15-6-14(16(20)21)22-10-18(15)2-1-17-7-11-3-12(8-17)5-13(4-11)9-17/h11-14H,1-10H2,(H,20,21). The summed E-state index contributed by atoms with van der Waals surface area (Å²) in [5.41, 5.74) is 0.503. The molecule has 1 N–H and O–H groups in total. The number of thioether (sulfide) groups is 1. The molecule has 0 aromatic rings. The van der Waals surface area contributed by atoms with E-state index in [4.69, 9.17) is 5.11 Å². The highest BCUT2D eigenvalue weighted by Gasteiger charge is 2.50. The van der Waals surface area contributed by atoms with Crippen molar-refractivity contribution in [3.8, 4) is 0 Å². The van der Waals surface area contributed by atoms with Crippen LogP contribution in [0.5, 0.6) is 0 Å². The molecule has 4 bridgehead atoms. The minimum Gasteiger partial charge on any atom is -0.480 e. The smallest absolute Gasteiger partial charge is 0.317 e. The Hall–Kier alpha value is -0.710. The Morgan fingerprint density at radius 3 is 2.27 bits per heavy atom. The summed E-state index contributed by atoms with van der Waals surface area (Å²) in [5, 5.41) is 8.50. The molecule has 1 amide bonds. The molecule has 22 heavy (non-hydrogen) atoms. The molecule has 1 unspecified atom stereocenters. The van der Waals surface area contributed by atoms with Crippen LogP contribution in [0.4, 0.5) is 0 Å². The van der Waals surface area contributed by atoms with Gasteiger partial charge in [0.15, 0.2) is 0 Å². The van der Waals surface area contributed by atoms with Gasteiger partial charge in [-0.1, -0.05) is 0 Å². The summed E-state index contributed by atoms with van der Waals surface area (Å²) in [5.74, 6) is 2.61. The van der Waals surface area contributed by atoms with Crippen molar-refractivity contribution < 1.29 is 14.7 Å². The predicted molar refractivity (Wildman–Crippen MR) is 85.4 cm³/mol. The minimum absolute atomic E-state index is 0.0379. The van der Waals surface area contributed by atoms with E-state index in [1.54, 1.807) is 0 Å². The molecule has 0 aromatic heterocycles. The minimum atomic E-state index is -0.848. The van der Waals surface area contributed by atoms with Crippen molar-refractivity contribution in [2.24, 2.45) is 23.2 Å². The number of hydrogen-bond donors (Lipinski definition) is 1. The maximum Gasteiger partial charge on any atom is 0.317 e. The van der Waals surface area contributed by atoms with Crippen molar-refractivity contribution in [2.75, 3.05) is 12.4 Å². The van der Waals surface area contributed by atoms with Crippen LogP contribution in [0.3, 0.4) is 0 Å². The number of carbonyl (C=O) groups is 2. The first-order valence-electron chi connectivity index (χ1n) is 8.65. The fraction of sp³-hybridized carbons (Fsp3) is 0.882. The maximum atomic E-state index is 12.2. The summed E-state index contributed by atoms with van der Waals surface area (Å²) in [7, 11) is 0. The third-order valence-electron chi connectivity index (χ3n) is 6.50. The predicted octanol–water partition coefficient (Wildman–Crippen LogP) is 2.97. The molecule has 0 aromatic carbocycles. The number of carboxylic acid groups (broad SMARTS) is 1. The van der Waals surface area contributed by atoms with Crippen LogP contribution in [0.15, 0.2) is 0 Å². The monoisotopic (exact) mass is 323 g/mol. The average molecular weight is 323 g/mol. The second-order valence-electron chi connectivity index (χ2n) is 8.15. The Bertz CT molecular complexity index is 457. The largest absolute Gasteiger partial charge is 0.480 e. The van der Waals surface area contributed by atoms with E-state index in [0.717, 1.165) is 30.7 Å². The van der Waals surface area contributed by atoms with E-state index in [2.05, 4.69) is 0 Å². The van der Waals surface area contributed by atoms with Gasteiger partial charge in [-0.25, -0.2) is 0 Å². The van der Waals surface area contributed by atoms with Gasteiger partial charge in [-0.15, -0.1) is 11.8 Å². The molecule has 4 aliphatic carbocycles. The number of hydrogen-bond acceptors (Lipinski definition) is 3. The molecular formula is C17H25NO3S. The van der Waals surface area contributed by atoms with Gasteiger partial charge in [-0.05, 0) is 68.1 Å². The number of carboxylic acids is 1. The fourth-order valence-electron chi connectivity index (χ4n) is 5.91. The lowest BCUT2D eigenvalue weighted by molar-refractivity contribution is -0.141. The third kappa shape index (κ3) is 2.66. The van der Waals surface area contributed by atoms with E-state index in [1.807, 2.05) is 4.90 Å². The first-order chi connectivity index (χ1) is 10.5. The van der Waals surface area contributed by atoms with Crippen molar-refractivity contribution >= 4 is 23.6 Å². The number of carbonyl (C=O) groups excluding carboxylic acids is 1. The lowest BCUT2D eigenvalue weighted by Gasteiger charge is -2.57. The Morgan fingerprint density at radius 2 is 1.77 bits per heavy atom. The van der Waals surface area contributed by atoms with Gasteiger partial charge in [-0.3, -0.25) is 9.59 Å². The van der Waals surface area contributed by atoms with Crippen LogP contribution >= 0.6 is 11.8 Å². The first-order valence-corrected chi connectivity index (χ1v) is 9.70. The first kappa shape index (κ1) is 14.9. The van der Waals surface area contributed by atoms with Crippen LogP contribution in [0, 0.1) is 23.2 Å². The van der Waals surface area contributed by atoms with E-state index in [-0.39, 0.29) is 12.3 Å². The lowest BCUT2D eigenvalue weighted by Crippen LogP contribution is -2.48. The highest BCUT2D eigenvalue weighted by molar-refractivity contribution is 8.00.